The molecule has 1 fully saturated rings. The lowest BCUT2D eigenvalue weighted by Gasteiger charge is -2.22. The SMILES string of the molecule is O=C(NN=Cc1cc([N+](=O)[O-])ccc1O)C1CCC1. The highest BCUT2D eigenvalue weighted by molar-refractivity contribution is 5.86. The van der Waals surface area contributed by atoms with Crippen LogP contribution in [0.15, 0.2) is 23.3 Å². The minimum atomic E-state index is -0.566. The molecule has 0 saturated heterocycles. The summed E-state index contributed by atoms with van der Waals surface area (Å²) in [5, 5.41) is 23.8. The smallest absolute Gasteiger partial charge is 0.270 e. The zero-order chi connectivity index (χ0) is 13.8. The maximum Gasteiger partial charge on any atom is 0.270 e. The number of nitrogens with one attached hydrogen (secondary N) is 1. The van der Waals surface area contributed by atoms with Gasteiger partial charge >= 0.3 is 0 Å². The lowest BCUT2D eigenvalue weighted by Crippen LogP contribution is -2.31. The number of nitrogens with zero attached hydrogens (tertiary/aromatic N) is 2. The van der Waals surface area contributed by atoms with E-state index >= 15 is 0 Å². The average molecular weight is 263 g/mol. The number of nitro benzene ring substituents is 1. The van der Waals surface area contributed by atoms with Crippen LogP contribution in [-0.4, -0.2) is 22.2 Å². The molecule has 7 nitrogen and oxygen atoms in total. The Balaban J connectivity index is 2.03. The van der Waals surface area contributed by atoms with Crippen LogP contribution < -0.4 is 5.43 Å². The van der Waals surface area contributed by atoms with Gasteiger partial charge in [-0.25, -0.2) is 5.43 Å². The zero-order valence-corrected chi connectivity index (χ0v) is 10.1. The molecule has 1 aromatic rings. The van der Waals surface area contributed by atoms with Crippen LogP contribution in [0.2, 0.25) is 0 Å². The minimum absolute atomic E-state index is 0.0101. The Kier molecular flexibility index (Phi) is 3.74. The number of non-ortho nitro benzene ring substituents is 1. The van der Waals surface area contributed by atoms with Crippen LogP contribution >= 0.6 is 0 Å². The van der Waals surface area contributed by atoms with Gasteiger partial charge < -0.3 is 5.11 Å². The summed E-state index contributed by atoms with van der Waals surface area (Å²) in [6.45, 7) is 0. The highest BCUT2D eigenvalue weighted by atomic mass is 16.6. The molecule has 100 valence electrons. The van der Waals surface area contributed by atoms with E-state index in [2.05, 4.69) is 10.5 Å². The van der Waals surface area contributed by atoms with Gasteiger partial charge in [-0.1, -0.05) is 6.42 Å². The molecule has 1 aliphatic carbocycles. The molecule has 1 amide bonds. The molecule has 0 spiro atoms. The number of phenolic OH excluding ortho intramolecular Hbond substituents is 1. The number of carbonyl (C=O) groups is 1. The maximum atomic E-state index is 11.5. The Morgan fingerprint density at radius 1 is 1.53 bits per heavy atom. The normalized spacial score (nSPS) is 15.2. The van der Waals surface area contributed by atoms with Gasteiger partial charge in [0.2, 0.25) is 5.91 Å². The van der Waals surface area contributed by atoms with Crippen LogP contribution in [0.4, 0.5) is 5.69 Å². The van der Waals surface area contributed by atoms with Crippen molar-refractivity contribution < 1.29 is 14.8 Å². The first kappa shape index (κ1) is 13.0. The fourth-order valence-corrected chi connectivity index (χ4v) is 1.69. The van der Waals surface area contributed by atoms with Crippen molar-refractivity contribution in [3.63, 3.8) is 0 Å². The van der Waals surface area contributed by atoms with E-state index in [0.717, 1.165) is 19.3 Å². The van der Waals surface area contributed by atoms with Crippen molar-refractivity contribution in [2.75, 3.05) is 0 Å². The molecule has 7 heteroatoms. The van der Waals surface area contributed by atoms with Gasteiger partial charge in [-0.15, -0.1) is 0 Å². The van der Waals surface area contributed by atoms with E-state index in [9.17, 15) is 20.0 Å². The Bertz CT molecular complexity index is 538. The van der Waals surface area contributed by atoms with Crippen molar-refractivity contribution in [3.05, 3.63) is 33.9 Å². The monoisotopic (exact) mass is 263 g/mol. The first-order chi connectivity index (χ1) is 9.08. The third kappa shape index (κ3) is 3.06. The Labute approximate surface area is 109 Å². The summed E-state index contributed by atoms with van der Waals surface area (Å²) >= 11 is 0. The van der Waals surface area contributed by atoms with E-state index in [0.29, 0.717) is 0 Å². The molecule has 0 atom stereocenters. The molecular formula is C12H13N3O4. The number of amides is 1. The Hall–Kier alpha value is -2.44. The van der Waals surface area contributed by atoms with Gasteiger partial charge in [-0.05, 0) is 18.9 Å². The van der Waals surface area contributed by atoms with E-state index in [1.54, 1.807) is 0 Å². The highest BCUT2D eigenvalue weighted by Gasteiger charge is 2.24. The molecule has 2 rings (SSSR count). The van der Waals surface area contributed by atoms with Crippen molar-refractivity contribution in [1.82, 2.24) is 5.43 Å². The summed E-state index contributed by atoms with van der Waals surface area (Å²) in [4.78, 5) is 21.5. The van der Waals surface area contributed by atoms with Crippen LogP contribution in [0.3, 0.4) is 0 Å². The number of carbonyl (C=O) groups excluding carboxylic acids is 1. The van der Waals surface area contributed by atoms with Crippen molar-refractivity contribution >= 4 is 17.8 Å². The second-order valence-corrected chi connectivity index (χ2v) is 4.36. The third-order valence-corrected chi connectivity index (χ3v) is 3.08. The van der Waals surface area contributed by atoms with E-state index in [4.69, 9.17) is 0 Å². The fourth-order valence-electron chi connectivity index (χ4n) is 1.69. The van der Waals surface area contributed by atoms with Gasteiger partial charge in [0.05, 0.1) is 11.1 Å². The van der Waals surface area contributed by atoms with E-state index < -0.39 is 4.92 Å². The number of hydrazone groups is 1. The summed E-state index contributed by atoms with van der Waals surface area (Å²) in [7, 11) is 0. The molecule has 0 heterocycles. The molecule has 0 aromatic heterocycles. The fraction of sp³-hybridized carbons (Fsp3) is 0.333. The van der Waals surface area contributed by atoms with Crippen molar-refractivity contribution in [3.8, 4) is 5.75 Å². The summed E-state index contributed by atoms with van der Waals surface area (Å²) in [5.74, 6) is -0.282. The van der Waals surface area contributed by atoms with Crippen LogP contribution in [0, 0.1) is 16.0 Å². The van der Waals surface area contributed by atoms with E-state index in [1.807, 2.05) is 0 Å². The standard InChI is InChI=1S/C12H13N3O4/c16-11-5-4-10(15(18)19)6-9(11)7-13-14-12(17)8-2-1-3-8/h4-8,16H,1-3H2,(H,14,17). The number of nitro groups is 1. The van der Waals surface area contributed by atoms with Gasteiger partial charge in [0, 0.05) is 23.6 Å². The van der Waals surface area contributed by atoms with Gasteiger partial charge in [-0.3, -0.25) is 14.9 Å². The molecule has 19 heavy (non-hydrogen) atoms. The lowest BCUT2D eigenvalue weighted by molar-refractivity contribution is -0.384. The van der Waals surface area contributed by atoms with Crippen molar-refractivity contribution in [2.45, 2.75) is 19.3 Å². The molecule has 2 N–H and O–H groups in total. The largest absolute Gasteiger partial charge is 0.507 e. The van der Waals surface area contributed by atoms with Gasteiger partial charge in [0.25, 0.3) is 5.69 Å². The predicted molar refractivity (Wildman–Crippen MR) is 67.8 cm³/mol. The molecule has 0 aliphatic heterocycles. The number of hydrogen-bond acceptors (Lipinski definition) is 5. The number of rotatable bonds is 4. The minimum Gasteiger partial charge on any atom is -0.507 e. The molecule has 0 unspecified atom stereocenters. The third-order valence-electron chi connectivity index (χ3n) is 3.08. The molecule has 1 aliphatic rings. The Morgan fingerprint density at radius 3 is 2.84 bits per heavy atom. The van der Waals surface area contributed by atoms with Crippen molar-refractivity contribution in [2.24, 2.45) is 11.0 Å². The van der Waals surface area contributed by atoms with E-state index in [-0.39, 0.29) is 28.8 Å². The number of hydrogen-bond donors (Lipinski definition) is 2. The number of phenols is 1. The quantitative estimate of drug-likeness (QED) is 0.488. The van der Waals surface area contributed by atoms with Crippen LogP contribution in [0.5, 0.6) is 5.75 Å². The summed E-state index contributed by atoms with van der Waals surface area (Å²) in [5.41, 5.74) is 2.39. The summed E-state index contributed by atoms with van der Waals surface area (Å²) in [6.07, 6.45) is 3.97. The van der Waals surface area contributed by atoms with Crippen LogP contribution in [-0.2, 0) is 4.79 Å². The van der Waals surface area contributed by atoms with Gasteiger partial charge in [0.15, 0.2) is 0 Å². The first-order valence-electron chi connectivity index (χ1n) is 5.88. The molecule has 0 bridgehead atoms. The highest BCUT2D eigenvalue weighted by Crippen LogP contribution is 2.26. The predicted octanol–water partition coefficient (Wildman–Crippen LogP) is 1.55. The summed E-state index contributed by atoms with van der Waals surface area (Å²) in [6, 6.07) is 3.60. The van der Waals surface area contributed by atoms with Gasteiger partial charge in [0.1, 0.15) is 5.75 Å². The van der Waals surface area contributed by atoms with Gasteiger partial charge in [-0.2, -0.15) is 5.10 Å². The Morgan fingerprint density at radius 2 is 2.26 bits per heavy atom. The average Bonchev–Trinajstić information content (AvgIpc) is 2.28. The van der Waals surface area contributed by atoms with Crippen LogP contribution in [0.1, 0.15) is 24.8 Å². The molecule has 1 saturated carbocycles. The summed E-state index contributed by atoms with van der Waals surface area (Å²) < 4.78 is 0. The first-order valence-corrected chi connectivity index (χ1v) is 5.88. The molecule has 1 aromatic carbocycles. The maximum absolute atomic E-state index is 11.5. The van der Waals surface area contributed by atoms with Crippen LogP contribution in [0.25, 0.3) is 0 Å². The second-order valence-electron chi connectivity index (χ2n) is 4.36. The number of aromatic hydroxyl groups is 1. The topological polar surface area (TPSA) is 105 Å². The van der Waals surface area contributed by atoms with Crippen molar-refractivity contribution in [1.29, 1.82) is 0 Å². The second kappa shape index (κ2) is 5.47. The lowest BCUT2D eigenvalue weighted by atomic mass is 9.85. The zero-order valence-electron chi connectivity index (χ0n) is 10.1. The number of benzene rings is 1. The van der Waals surface area contributed by atoms with E-state index in [1.165, 1.54) is 24.4 Å². The molecular weight excluding hydrogens is 250 g/mol. The molecule has 0 radical (unpaired) electrons.